The van der Waals surface area contributed by atoms with Gasteiger partial charge in [0.1, 0.15) is 0 Å². The Morgan fingerprint density at radius 1 is 0.475 bits per heavy atom. The minimum atomic E-state index is -0.506. The molecule has 0 radical (unpaired) electrons. The monoisotopic (exact) mass is 639 g/mol. The molecule has 1 nitrogen and oxygen atoms in total. The molecule has 0 fully saturated rings. The molecule has 1 aliphatic rings. The molecule has 0 N–H and O–H groups in total. The molecule has 0 saturated heterocycles. The van der Waals surface area contributed by atoms with Gasteiger partial charge in [0.15, 0.2) is 0 Å². The average Bonchev–Trinajstić information content (AvgIpc) is 3.48. The maximum Gasteiger partial charge on any atom is 0.0734 e. The van der Waals surface area contributed by atoms with Crippen LogP contribution in [0.2, 0.25) is 0 Å². The lowest BCUT2D eigenvalue weighted by molar-refractivity contribution is 0.772. The fraction of sp³-hybridized carbons (Fsp3) is 0.0270. The average molecular weight is 641 g/mol. The van der Waals surface area contributed by atoms with E-state index in [2.05, 4.69) is 176 Å². The Labute approximate surface area is 250 Å². The first kappa shape index (κ1) is 23.9. The Hall–Kier alpha value is -3.92. The molecule has 0 unspecified atom stereocenters. The van der Waals surface area contributed by atoms with Crippen molar-refractivity contribution in [1.82, 2.24) is 4.57 Å². The Balaban J connectivity index is 1.63. The molecule has 0 bridgehead atoms. The van der Waals surface area contributed by atoms with Gasteiger partial charge in [-0.3, -0.25) is 0 Å². The second kappa shape index (κ2) is 9.05. The third kappa shape index (κ3) is 3.25. The Morgan fingerprint density at radius 3 is 1.73 bits per heavy atom. The molecule has 1 aliphatic carbocycles. The van der Waals surface area contributed by atoms with Crippen LogP contribution < -0.4 is 0 Å². The molecule has 0 spiro atoms. The Bertz CT molecular complexity index is 2020. The summed E-state index contributed by atoms with van der Waals surface area (Å²) in [6.45, 7) is 0. The lowest BCUT2D eigenvalue weighted by Crippen LogP contribution is -2.29. The maximum absolute atomic E-state index is 3.77. The first-order chi connectivity index (χ1) is 19.7. The number of rotatable bonds is 3. The van der Waals surface area contributed by atoms with E-state index in [1.807, 2.05) is 0 Å². The van der Waals surface area contributed by atoms with Crippen molar-refractivity contribution in [2.75, 3.05) is 0 Å². The van der Waals surface area contributed by atoms with E-state index < -0.39 is 5.41 Å². The van der Waals surface area contributed by atoms with Crippen LogP contribution >= 0.6 is 31.9 Å². The predicted molar refractivity (Wildman–Crippen MR) is 173 cm³/mol. The number of halogens is 2. The number of hydrogen-bond acceptors (Lipinski definition) is 0. The SMILES string of the molecule is Brc1ccc2c(c1)-c1cc(Br)ccc1C2(c1ccccc1)c1cccc2c3ccccc3n(-c3ccccc3)c12. The summed E-state index contributed by atoms with van der Waals surface area (Å²) in [6.07, 6.45) is 0. The fourth-order valence-corrected chi connectivity index (χ4v) is 7.61. The molecule has 8 rings (SSSR count). The van der Waals surface area contributed by atoms with Gasteiger partial charge in [-0.15, -0.1) is 0 Å². The smallest absolute Gasteiger partial charge is 0.0734 e. The topological polar surface area (TPSA) is 4.93 Å². The van der Waals surface area contributed by atoms with Crippen LogP contribution in [0.15, 0.2) is 148 Å². The number of nitrogens with zero attached hydrogens (tertiary/aromatic N) is 1. The second-order valence-electron chi connectivity index (χ2n) is 10.4. The van der Waals surface area contributed by atoms with Gasteiger partial charge in [-0.2, -0.15) is 0 Å². The number of benzene rings is 6. The van der Waals surface area contributed by atoms with Gasteiger partial charge in [0.2, 0.25) is 0 Å². The molecule has 0 amide bonds. The van der Waals surface area contributed by atoms with Crippen LogP contribution in [0.1, 0.15) is 22.3 Å². The van der Waals surface area contributed by atoms with Crippen molar-refractivity contribution in [1.29, 1.82) is 0 Å². The molecule has 1 heterocycles. The second-order valence-corrected chi connectivity index (χ2v) is 12.2. The highest BCUT2D eigenvalue weighted by Crippen LogP contribution is 2.58. The molecule has 40 heavy (non-hydrogen) atoms. The lowest BCUT2D eigenvalue weighted by Gasteiger charge is -2.35. The number of hydrogen-bond donors (Lipinski definition) is 0. The normalized spacial score (nSPS) is 13.4. The van der Waals surface area contributed by atoms with Gasteiger partial charge in [-0.05, 0) is 75.8 Å². The van der Waals surface area contributed by atoms with Gasteiger partial charge in [0, 0.05) is 25.4 Å². The van der Waals surface area contributed by atoms with Gasteiger partial charge < -0.3 is 4.57 Å². The summed E-state index contributed by atoms with van der Waals surface area (Å²) in [6, 6.07) is 51.0. The highest BCUT2D eigenvalue weighted by molar-refractivity contribution is 9.10. The molecule has 3 heteroatoms. The van der Waals surface area contributed by atoms with Crippen molar-refractivity contribution in [2.24, 2.45) is 0 Å². The summed E-state index contributed by atoms with van der Waals surface area (Å²) in [5, 5.41) is 2.52. The van der Waals surface area contributed by atoms with E-state index >= 15 is 0 Å². The van der Waals surface area contributed by atoms with Crippen LogP contribution in [0.5, 0.6) is 0 Å². The molecule has 0 atom stereocenters. The molecule has 0 aliphatic heterocycles. The van der Waals surface area contributed by atoms with Crippen molar-refractivity contribution in [3.63, 3.8) is 0 Å². The highest BCUT2D eigenvalue weighted by Gasteiger charge is 2.47. The van der Waals surface area contributed by atoms with Crippen molar-refractivity contribution >= 4 is 53.7 Å². The van der Waals surface area contributed by atoms with Gasteiger partial charge in [-0.1, -0.05) is 129 Å². The first-order valence-electron chi connectivity index (χ1n) is 13.4. The van der Waals surface area contributed by atoms with E-state index in [1.165, 1.54) is 55.2 Å². The quantitative estimate of drug-likeness (QED) is 0.181. The number of para-hydroxylation sites is 3. The van der Waals surface area contributed by atoms with Crippen LogP contribution in [-0.4, -0.2) is 4.57 Å². The third-order valence-electron chi connectivity index (χ3n) is 8.38. The minimum absolute atomic E-state index is 0.506. The largest absolute Gasteiger partial charge is 0.309 e. The van der Waals surface area contributed by atoms with E-state index in [9.17, 15) is 0 Å². The lowest BCUT2D eigenvalue weighted by atomic mass is 9.67. The highest BCUT2D eigenvalue weighted by atomic mass is 79.9. The summed E-state index contributed by atoms with van der Waals surface area (Å²) in [4.78, 5) is 0. The molecule has 0 saturated carbocycles. The van der Waals surface area contributed by atoms with Gasteiger partial charge >= 0.3 is 0 Å². The number of aromatic nitrogens is 1. The summed E-state index contributed by atoms with van der Waals surface area (Å²) in [5.74, 6) is 0. The van der Waals surface area contributed by atoms with Gasteiger partial charge in [0.25, 0.3) is 0 Å². The zero-order chi connectivity index (χ0) is 26.8. The summed E-state index contributed by atoms with van der Waals surface area (Å²) in [5.41, 5.74) is 10.8. The Morgan fingerprint density at radius 2 is 1.05 bits per heavy atom. The first-order valence-corrected chi connectivity index (χ1v) is 15.0. The fourth-order valence-electron chi connectivity index (χ4n) is 6.89. The molecular weight excluding hydrogens is 618 g/mol. The molecule has 7 aromatic rings. The van der Waals surface area contributed by atoms with Crippen LogP contribution in [0.4, 0.5) is 0 Å². The van der Waals surface area contributed by atoms with Crippen molar-refractivity contribution in [3.8, 4) is 16.8 Å². The van der Waals surface area contributed by atoms with E-state index in [-0.39, 0.29) is 0 Å². The zero-order valence-electron chi connectivity index (χ0n) is 21.5. The van der Waals surface area contributed by atoms with Crippen LogP contribution in [0.25, 0.3) is 38.6 Å². The van der Waals surface area contributed by atoms with E-state index in [0.29, 0.717) is 0 Å². The van der Waals surface area contributed by atoms with Crippen LogP contribution in [-0.2, 0) is 5.41 Å². The van der Waals surface area contributed by atoms with Crippen LogP contribution in [0.3, 0.4) is 0 Å². The summed E-state index contributed by atoms with van der Waals surface area (Å²) < 4.78 is 4.62. The van der Waals surface area contributed by atoms with Crippen LogP contribution in [0, 0.1) is 0 Å². The Kier molecular flexibility index (Phi) is 5.42. The minimum Gasteiger partial charge on any atom is -0.309 e. The molecule has 6 aromatic carbocycles. The maximum atomic E-state index is 3.77. The summed E-state index contributed by atoms with van der Waals surface area (Å²) in [7, 11) is 0. The third-order valence-corrected chi connectivity index (χ3v) is 9.37. The predicted octanol–water partition coefficient (Wildman–Crippen LogP) is 10.7. The van der Waals surface area contributed by atoms with Gasteiger partial charge in [0.05, 0.1) is 16.4 Å². The standard InChI is InChI=1S/C37H23Br2N/c38-25-18-20-32-30(22-25)31-23-26(39)19-21-33(31)37(32,24-10-3-1-4-11-24)34-16-9-15-29-28-14-7-8-17-35(28)40(36(29)34)27-12-5-2-6-13-27/h1-23H. The zero-order valence-corrected chi connectivity index (χ0v) is 24.7. The van der Waals surface area contributed by atoms with Crippen molar-refractivity contribution < 1.29 is 0 Å². The van der Waals surface area contributed by atoms with E-state index in [4.69, 9.17) is 0 Å². The number of fused-ring (bicyclic) bond motifs is 6. The molecular formula is C37H23Br2N. The van der Waals surface area contributed by atoms with E-state index in [0.717, 1.165) is 14.6 Å². The van der Waals surface area contributed by atoms with E-state index in [1.54, 1.807) is 0 Å². The van der Waals surface area contributed by atoms with Crippen molar-refractivity contribution in [3.05, 3.63) is 171 Å². The van der Waals surface area contributed by atoms with Crippen molar-refractivity contribution in [2.45, 2.75) is 5.41 Å². The molecule has 190 valence electrons. The summed E-state index contributed by atoms with van der Waals surface area (Å²) >= 11 is 7.55. The van der Waals surface area contributed by atoms with Gasteiger partial charge in [-0.25, -0.2) is 0 Å². The molecule has 1 aromatic heterocycles.